The average molecular weight is 280 g/mol. The quantitative estimate of drug-likeness (QED) is 0.857. The minimum absolute atomic E-state index is 0.435. The summed E-state index contributed by atoms with van der Waals surface area (Å²) in [4.78, 5) is 16.7. The SMILES string of the molecule is O=C(O)C1(CN2CCN(C3CCCC3)CC2)CCCC1. The van der Waals surface area contributed by atoms with E-state index in [9.17, 15) is 9.90 Å². The number of rotatable bonds is 4. The van der Waals surface area contributed by atoms with Gasteiger partial charge in [0.1, 0.15) is 0 Å². The van der Waals surface area contributed by atoms with Gasteiger partial charge in [-0.1, -0.05) is 25.7 Å². The number of carbonyl (C=O) groups is 1. The van der Waals surface area contributed by atoms with Crippen LogP contribution < -0.4 is 0 Å². The summed E-state index contributed by atoms with van der Waals surface area (Å²) >= 11 is 0. The Morgan fingerprint density at radius 1 is 1.00 bits per heavy atom. The van der Waals surface area contributed by atoms with Crippen molar-refractivity contribution in [3.63, 3.8) is 0 Å². The zero-order valence-corrected chi connectivity index (χ0v) is 12.5. The number of carboxylic acids is 1. The summed E-state index contributed by atoms with van der Waals surface area (Å²) in [6, 6.07) is 0.817. The molecule has 1 saturated heterocycles. The predicted molar refractivity (Wildman–Crippen MR) is 78.8 cm³/mol. The van der Waals surface area contributed by atoms with Gasteiger partial charge in [-0.2, -0.15) is 0 Å². The fourth-order valence-corrected chi connectivity index (χ4v) is 4.48. The first-order valence-corrected chi connectivity index (χ1v) is 8.39. The molecule has 3 rings (SSSR count). The van der Waals surface area contributed by atoms with E-state index in [-0.39, 0.29) is 0 Å². The van der Waals surface area contributed by atoms with E-state index in [0.29, 0.717) is 0 Å². The Kier molecular flexibility index (Phi) is 4.32. The zero-order valence-electron chi connectivity index (χ0n) is 12.5. The number of nitrogens with zero attached hydrogens (tertiary/aromatic N) is 2. The van der Waals surface area contributed by atoms with Crippen molar-refractivity contribution in [3.05, 3.63) is 0 Å². The second kappa shape index (κ2) is 6.02. The molecule has 0 amide bonds. The molecule has 3 aliphatic rings. The smallest absolute Gasteiger partial charge is 0.310 e. The number of aliphatic carboxylic acids is 1. The Morgan fingerprint density at radius 3 is 2.15 bits per heavy atom. The van der Waals surface area contributed by atoms with Crippen molar-refractivity contribution in [1.29, 1.82) is 0 Å². The van der Waals surface area contributed by atoms with Crippen LogP contribution in [0.4, 0.5) is 0 Å². The number of piperazine rings is 1. The molecule has 0 radical (unpaired) electrons. The van der Waals surface area contributed by atoms with E-state index in [1.54, 1.807) is 0 Å². The summed E-state index contributed by atoms with van der Waals surface area (Å²) in [7, 11) is 0. The zero-order chi connectivity index (χ0) is 14.0. The summed E-state index contributed by atoms with van der Waals surface area (Å²) in [5, 5.41) is 9.58. The molecule has 0 bridgehead atoms. The van der Waals surface area contributed by atoms with E-state index in [2.05, 4.69) is 9.80 Å². The van der Waals surface area contributed by atoms with Crippen LogP contribution in [0.25, 0.3) is 0 Å². The third-order valence-corrected chi connectivity index (χ3v) is 5.79. The van der Waals surface area contributed by atoms with Gasteiger partial charge >= 0.3 is 5.97 Å². The number of hydrogen-bond acceptors (Lipinski definition) is 3. The lowest BCUT2D eigenvalue weighted by atomic mass is 9.85. The molecule has 0 atom stereocenters. The van der Waals surface area contributed by atoms with Crippen molar-refractivity contribution >= 4 is 5.97 Å². The van der Waals surface area contributed by atoms with Gasteiger partial charge in [-0.05, 0) is 25.7 Å². The molecule has 4 nitrogen and oxygen atoms in total. The summed E-state index contributed by atoms with van der Waals surface area (Å²) in [5.41, 5.74) is -0.435. The maximum atomic E-state index is 11.6. The maximum absolute atomic E-state index is 11.6. The van der Waals surface area contributed by atoms with Crippen molar-refractivity contribution in [2.45, 2.75) is 57.4 Å². The highest BCUT2D eigenvalue weighted by molar-refractivity contribution is 5.75. The van der Waals surface area contributed by atoms with Crippen molar-refractivity contribution in [2.24, 2.45) is 5.41 Å². The highest BCUT2D eigenvalue weighted by Gasteiger charge is 2.43. The van der Waals surface area contributed by atoms with Crippen molar-refractivity contribution in [2.75, 3.05) is 32.7 Å². The van der Waals surface area contributed by atoms with Crippen LogP contribution in [0.2, 0.25) is 0 Å². The van der Waals surface area contributed by atoms with E-state index < -0.39 is 11.4 Å². The predicted octanol–water partition coefficient (Wildman–Crippen LogP) is 2.19. The van der Waals surface area contributed by atoms with Gasteiger partial charge in [0.15, 0.2) is 0 Å². The van der Waals surface area contributed by atoms with Crippen LogP contribution in [0.5, 0.6) is 0 Å². The largest absolute Gasteiger partial charge is 0.481 e. The third kappa shape index (κ3) is 2.86. The van der Waals surface area contributed by atoms with Gasteiger partial charge in [-0.15, -0.1) is 0 Å². The lowest BCUT2D eigenvalue weighted by Gasteiger charge is -2.40. The molecule has 114 valence electrons. The van der Waals surface area contributed by atoms with Crippen LogP contribution in [-0.2, 0) is 4.79 Å². The van der Waals surface area contributed by atoms with Gasteiger partial charge in [0.25, 0.3) is 0 Å². The number of carboxylic acid groups (broad SMARTS) is 1. The van der Waals surface area contributed by atoms with E-state index in [1.807, 2.05) is 0 Å². The van der Waals surface area contributed by atoms with E-state index in [4.69, 9.17) is 0 Å². The summed E-state index contributed by atoms with van der Waals surface area (Å²) in [6.45, 7) is 5.18. The molecule has 0 unspecified atom stereocenters. The fraction of sp³-hybridized carbons (Fsp3) is 0.938. The maximum Gasteiger partial charge on any atom is 0.310 e. The van der Waals surface area contributed by atoms with Gasteiger partial charge < -0.3 is 5.11 Å². The van der Waals surface area contributed by atoms with Crippen molar-refractivity contribution in [1.82, 2.24) is 9.80 Å². The molecule has 1 N–H and O–H groups in total. The first-order valence-electron chi connectivity index (χ1n) is 8.39. The Labute approximate surface area is 122 Å². The third-order valence-electron chi connectivity index (χ3n) is 5.79. The van der Waals surface area contributed by atoms with Gasteiger partial charge in [0, 0.05) is 38.8 Å². The lowest BCUT2D eigenvalue weighted by molar-refractivity contribution is -0.150. The van der Waals surface area contributed by atoms with Gasteiger partial charge in [0.05, 0.1) is 5.41 Å². The Hall–Kier alpha value is -0.610. The number of hydrogen-bond donors (Lipinski definition) is 1. The van der Waals surface area contributed by atoms with Crippen molar-refractivity contribution < 1.29 is 9.90 Å². The first-order chi connectivity index (χ1) is 9.70. The van der Waals surface area contributed by atoms with Crippen LogP contribution in [0.1, 0.15) is 51.4 Å². The second-order valence-electron chi connectivity index (χ2n) is 7.04. The first kappa shape index (κ1) is 14.3. The van der Waals surface area contributed by atoms with E-state index >= 15 is 0 Å². The second-order valence-corrected chi connectivity index (χ2v) is 7.04. The monoisotopic (exact) mass is 280 g/mol. The lowest BCUT2D eigenvalue weighted by Crippen LogP contribution is -2.53. The molecule has 0 aromatic heterocycles. The molecular formula is C16H28N2O2. The Balaban J connectivity index is 1.51. The molecule has 1 aliphatic heterocycles. The average Bonchev–Trinajstić information content (AvgIpc) is 3.11. The van der Waals surface area contributed by atoms with Gasteiger partial charge in [-0.25, -0.2) is 0 Å². The van der Waals surface area contributed by atoms with Crippen LogP contribution in [-0.4, -0.2) is 59.6 Å². The van der Waals surface area contributed by atoms with Crippen LogP contribution in [0, 0.1) is 5.41 Å². The van der Waals surface area contributed by atoms with E-state index in [1.165, 1.54) is 25.7 Å². The van der Waals surface area contributed by atoms with Crippen molar-refractivity contribution in [3.8, 4) is 0 Å². The molecular weight excluding hydrogens is 252 g/mol. The van der Waals surface area contributed by atoms with Gasteiger partial charge in [-0.3, -0.25) is 14.6 Å². The molecule has 0 spiro atoms. The molecule has 0 aromatic rings. The van der Waals surface area contributed by atoms with Gasteiger partial charge in [0.2, 0.25) is 0 Å². The standard InChI is InChI=1S/C16H28N2O2/c19-15(20)16(7-3-4-8-16)13-17-9-11-18(12-10-17)14-5-1-2-6-14/h14H,1-13H2,(H,19,20). The van der Waals surface area contributed by atoms with Crippen LogP contribution in [0.3, 0.4) is 0 Å². The molecule has 3 fully saturated rings. The summed E-state index contributed by atoms with van der Waals surface area (Å²) in [5.74, 6) is -0.562. The van der Waals surface area contributed by atoms with Crippen LogP contribution in [0.15, 0.2) is 0 Å². The Morgan fingerprint density at radius 2 is 1.60 bits per heavy atom. The van der Waals surface area contributed by atoms with Crippen LogP contribution >= 0.6 is 0 Å². The summed E-state index contributed by atoms with van der Waals surface area (Å²) in [6.07, 6.45) is 9.48. The highest BCUT2D eigenvalue weighted by Crippen LogP contribution is 2.39. The normalized spacial score (nSPS) is 29.0. The molecule has 0 aromatic carbocycles. The molecule has 2 saturated carbocycles. The summed E-state index contributed by atoms with van der Waals surface area (Å²) < 4.78 is 0. The Bertz CT molecular complexity index is 338. The molecule has 2 aliphatic carbocycles. The topological polar surface area (TPSA) is 43.8 Å². The molecule has 20 heavy (non-hydrogen) atoms. The minimum atomic E-state index is -0.562. The highest BCUT2D eigenvalue weighted by atomic mass is 16.4. The molecule has 4 heteroatoms. The molecule has 1 heterocycles. The fourth-order valence-electron chi connectivity index (χ4n) is 4.48. The minimum Gasteiger partial charge on any atom is -0.481 e. The van der Waals surface area contributed by atoms with E-state index in [0.717, 1.165) is 64.4 Å².